The van der Waals surface area contributed by atoms with Crippen molar-refractivity contribution in [2.24, 2.45) is 0 Å². The number of likely N-dealkylation sites (N-methyl/N-ethyl adjacent to an activating group) is 1. The molecule has 0 unspecified atom stereocenters. The Hall–Kier alpha value is -2.61. The average Bonchev–Trinajstić information content (AvgIpc) is 2.56. The molecule has 0 aliphatic rings. The Morgan fingerprint density at radius 1 is 0.913 bits per heavy atom. The summed E-state index contributed by atoms with van der Waals surface area (Å²) < 4.78 is 0. The Morgan fingerprint density at radius 2 is 1.61 bits per heavy atom. The van der Waals surface area contributed by atoms with Gasteiger partial charge < -0.3 is 4.90 Å². The first-order chi connectivity index (χ1) is 11.1. The van der Waals surface area contributed by atoms with Crippen LogP contribution in [0.15, 0.2) is 66.7 Å². The number of hydrogen-bond acceptors (Lipinski definition) is 1. The van der Waals surface area contributed by atoms with Gasteiger partial charge in [-0.2, -0.15) is 0 Å². The molecule has 2 heteroatoms. The van der Waals surface area contributed by atoms with Gasteiger partial charge in [-0.05, 0) is 40.5 Å². The van der Waals surface area contributed by atoms with Gasteiger partial charge in [-0.15, -0.1) is 0 Å². The molecule has 0 bridgehead atoms. The second-order valence-corrected chi connectivity index (χ2v) is 6.03. The van der Waals surface area contributed by atoms with E-state index in [1.54, 1.807) is 4.90 Å². The molecule has 1 amide bonds. The topological polar surface area (TPSA) is 20.3 Å². The van der Waals surface area contributed by atoms with Crippen LogP contribution in [0, 0.1) is 6.92 Å². The summed E-state index contributed by atoms with van der Waals surface area (Å²) in [5.41, 5.74) is 3.42. The molecule has 0 spiro atoms. The first-order valence-corrected chi connectivity index (χ1v) is 7.89. The molecule has 0 aliphatic carbocycles. The van der Waals surface area contributed by atoms with Gasteiger partial charge in [0.1, 0.15) is 0 Å². The molecule has 0 saturated carbocycles. The third-order valence-corrected chi connectivity index (χ3v) is 4.26. The summed E-state index contributed by atoms with van der Waals surface area (Å²) >= 11 is 0. The quantitative estimate of drug-likeness (QED) is 0.701. The molecule has 0 aromatic heterocycles. The summed E-state index contributed by atoms with van der Waals surface area (Å²) in [7, 11) is 1.87. The predicted octanol–water partition coefficient (Wildman–Crippen LogP) is 4.35. The van der Waals surface area contributed by atoms with Gasteiger partial charge in [0.05, 0.1) is 6.42 Å². The van der Waals surface area contributed by atoms with Gasteiger partial charge in [-0.3, -0.25) is 4.79 Å². The highest BCUT2D eigenvalue weighted by molar-refractivity contribution is 5.83. The fourth-order valence-corrected chi connectivity index (χ4v) is 2.81. The van der Waals surface area contributed by atoms with Crippen molar-refractivity contribution in [3.63, 3.8) is 0 Å². The summed E-state index contributed by atoms with van der Waals surface area (Å²) in [5.74, 6) is 0.146. The van der Waals surface area contributed by atoms with Crippen LogP contribution in [0.2, 0.25) is 0 Å². The summed E-state index contributed by atoms with van der Waals surface area (Å²) in [6, 6.07) is 22.7. The van der Waals surface area contributed by atoms with E-state index in [0.29, 0.717) is 13.0 Å². The number of amides is 1. The van der Waals surface area contributed by atoms with Crippen molar-refractivity contribution in [1.29, 1.82) is 0 Å². The summed E-state index contributed by atoms with van der Waals surface area (Å²) in [6.45, 7) is 2.68. The van der Waals surface area contributed by atoms with Crippen molar-refractivity contribution in [2.75, 3.05) is 7.05 Å². The van der Waals surface area contributed by atoms with E-state index in [0.717, 1.165) is 11.1 Å². The van der Waals surface area contributed by atoms with Crippen LogP contribution in [0.25, 0.3) is 10.8 Å². The SMILES string of the molecule is Cc1ccccc1CC(=O)N(C)Cc1ccc2ccccc2c1. The van der Waals surface area contributed by atoms with Gasteiger partial charge in [-0.25, -0.2) is 0 Å². The number of benzene rings is 3. The predicted molar refractivity (Wildman–Crippen MR) is 95.3 cm³/mol. The van der Waals surface area contributed by atoms with Gasteiger partial charge in [-0.1, -0.05) is 60.7 Å². The molecular formula is C21H21NO. The fraction of sp³-hybridized carbons (Fsp3) is 0.190. The van der Waals surface area contributed by atoms with Crippen LogP contribution in [0.4, 0.5) is 0 Å². The van der Waals surface area contributed by atoms with Gasteiger partial charge in [0.25, 0.3) is 0 Å². The lowest BCUT2D eigenvalue weighted by atomic mass is 10.0. The van der Waals surface area contributed by atoms with Crippen LogP contribution >= 0.6 is 0 Å². The number of carbonyl (C=O) groups excluding carboxylic acids is 1. The van der Waals surface area contributed by atoms with Crippen LogP contribution in [0.3, 0.4) is 0 Å². The van der Waals surface area contributed by atoms with E-state index < -0.39 is 0 Å². The Labute approximate surface area is 137 Å². The van der Waals surface area contributed by atoms with E-state index in [1.807, 2.05) is 50.4 Å². The number of aryl methyl sites for hydroxylation is 1. The molecule has 0 aliphatic heterocycles. The normalized spacial score (nSPS) is 10.7. The zero-order chi connectivity index (χ0) is 16.2. The van der Waals surface area contributed by atoms with Crippen LogP contribution in [-0.4, -0.2) is 17.9 Å². The number of hydrogen-bond donors (Lipinski definition) is 0. The largest absolute Gasteiger partial charge is 0.341 e. The van der Waals surface area contributed by atoms with Gasteiger partial charge >= 0.3 is 0 Å². The van der Waals surface area contributed by atoms with Crippen molar-refractivity contribution >= 4 is 16.7 Å². The number of nitrogens with zero attached hydrogens (tertiary/aromatic N) is 1. The minimum absolute atomic E-state index is 0.146. The molecule has 3 rings (SSSR count). The average molecular weight is 303 g/mol. The maximum Gasteiger partial charge on any atom is 0.227 e. The molecule has 23 heavy (non-hydrogen) atoms. The highest BCUT2D eigenvalue weighted by atomic mass is 16.2. The molecule has 0 saturated heterocycles. The molecule has 0 atom stereocenters. The number of rotatable bonds is 4. The second-order valence-electron chi connectivity index (χ2n) is 6.03. The van der Waals surface area contributed by atoms with E-state index in [4.69, 9.17) is 0 Å². The summed E-state index contributed by atoms with van der Waals surface area (Å²) in [6.07, 6.45) is 0.455. The standard InChI is InChI=1S/C21H21NO/c1-16-7-3-4-9-19(16)14-21(23)22(2)15-17-11-12-18-8-5-6-10-20(18)13-17/h3-13H,14-15H2,1-2H3. The van der Waals surface area contributed by atoms with Gasteiger partial charge in [0.15, 0.2) is 0 Å². The summed E-state index contributed by atoms with van der Waals surface area (Å²) in [4.78, 5) is 14.3. The Bertz CT molecular complexity index is 838. The lowest BCUT2D eigenvalue weighted by Crippen LogP contribution is -2.27. The minimum atomic E-state index is 0.146. The van der Waals surface area contributed by atoms with Gasteiger partial charge in [0.2, 0.25) is 5.91 Å². The van der Waals surface area contributed by atoms with E-state index in [9.17, 15) is 4.79 Å². The van der Waals surface area contributed by atoms with Crippen LogP contribution in [0.5, 0.6) is 0 Å². The highest BCUT2D eigenvalue weighted by Gasteiger charge is 2.11. The van der Waals surface area contributed by atoms with Crippen LogP contribution in [-0.2, 0) is 17.8 Å². The Balaban J connectivity index is 1.71. The second kappa shape index (κ2) is 6.66. The molecule has 0 N–H and O–H groups in total. The third kappa shape index (κ3) is 3.59. The number of carbonyl (C=O) groups is 1. The first kappa shape index (κ1) is 15.3. The van der Waals surface area contributed by atoms with Crippen molar-refractivity contribution < 1.29 is 4.79 Å². The lowest BCUT2D eigenvalue weighted by Gasteiger charge is -2.18. The van der Waals surface area contributed by atoms with E-state index in [1.165, 1.54) is 16.3 Å². The lowest BCUT2D eigenvalue weighted by molar-refractivity contribution is -0.129. The van der Waals surface area contributed by atoms with Crippen molar-refractivity contribution in [2.45, 2.75) is 19.9 Å². The molecule has 3 aromatic carbocycles. The smallest absolute Gasteiger partial charge is 0.227 e. The zero-order valence-corrected chi connectivity index (χ0v) is 13.6. The minimum Gasteiger partial charge on any atom is -0.341 e. The molecule has 0 heterocycles. The maximum absolute atomic E-state index is 12.5. The van der Waals surface area contributed by atoms with Crippen LogP contribution in [0.1, 0.15) is 16.7 Å². The molecule has 116 valence electrons. The molecule has 0 fully saturated rings. The molecule has 3 aromatic rings. The molecule has 0 radical (unpaired) electrons. The van der Waals surface area contributed by atoms with Crippen LogP contribution < -0.4 is 0 Å². The monoisotopic (exact) mass is 303 g/mol. The van der Waals surface area contributed by atoms with E-state index >= 15 is 0 Å². The van der Waals surface area contributed by atoms with E-state index in [2.05, 4.69) is 30.3 Å². The first-order valence-electron chi connectivity index (χ1n) is 7.89. The maximum atomic E-state index is 12.5. The molecule has 2 nitrogen and oxygen atoms in total. The Morgan fingerprint density at radius 3 is 2.39 bits per heavy atom. The van der Waals surface area contributed by atoms with Gasteiger partial charge in [0, 0.05) is 13.6 Å². The zero-order valence-electron chi connectivity index (χ0n) is 13.6. The van der Waals surface area contributed by atoms with E-state index in [-0.39, 0.29) is 5.91 Å². The number of fused-ring (bicyclic) bond motifs is 1. The fourth-order valence-electron chi connectivity index (χ4n) is 2.81. The molecular weight excluding hydrogens is 282 g/mol. The third-order valence-electron chi connectivity index (χ3n) is 4.26. The Kier molecular flexibility index (Phi) is 4.42. The van der Waals surface area contributed by atoms with Crippen molar-refractivity contribution in [3.05, 3.63) is 83.4 Å². The van der Waals surface area contributed by atoms with Crippen molar-refractivity contribution in [1.82, 2.24) is 4.90 Å². The summed E-state index contributed by atoms with van der Waals surface area (Å²) in [5, 5.41) is 2.44. The van der Waals surface area contributed by atoms with Crippen molar-refractivity contribution in [3.8, 4) is 0 Å². The highest BCUT2D eigenvalue weighted by Crippen LogP contribution is 2.17.